The van der Waals surface area contributed by atoms with Gasteiger partial charge in [-0.05, 0) is 25.7 Å². The van der Waals surface area contributed by atoms with E-state index in [0.29, 0.717) is 5.92 Å². The van der Waals surface area contributed by atoms with E-state index in [1.165, 1.54) is 6.42 Å². The smallest absolute Gasteiger partial charge is 0.291 e. The molecule has 1 rings (SSSR count). The Bertz CT molecular complexity index is 387. The summed E-state index contributed by atoms with van der Waals surface area (Å²) >= 11 is 0. The maximum atomic E-state index is 11.9. The summed E-state index contributed by atoms with van der Waals surface area (Å²) < 4.78 is 0. The lowest BCUT2D eigenvalue weighted by Crippen LogP contribution is -2.33. The van der Waals surface area contributed by atoms with Gasteiger partial charge in [-0.25, -0.2) is 4.98 Å². The van der Waals surface area contributed by atoms with Crippen LogP contribution in [0.1, 0.15) is 69.8 Å². The maximum Gasteiger partial charge on any atom is 0.291 e. The largest absolute Gasteiger partial charge is 0.347 e. The van der Waals surface area contributed by atoms with Crippen molar-refractivity contribution in [2.75, 3.05) is 0 Å². The van der Waals surface area contributed by atoms with Crippen LogP contribution in [0.25, 0.3) is 0 Å². The van der Waals surface area contributed by atoms with Crippen LogP contribution in [0.4, 0.5) is 0 Å². The monoisotopic (exact) mass is 266 g/mol. The van der Waals surface area contributed by atoms with Gasteiger partial charge in [0.05, 0.1) is 0 Å². The topological polar surface area (TPSA) is 70.7 Å². The number of rotatable bonds is 8. The minimum Gasteiger partial charge on any atom is -0.347 e. The Hall–Kier alpha value is -1.39. The quantitative estimate of drug-likeness (QED) is 0.760. The second-order valence-electron chi connectivity index (χ2n) is 5.55. The highest BCUT2D eigenvalue weighted by atomic mass is 16.2. The second kappa shape index (κ2) is 7.92. The Kier molecular flexibility index (Phi) is 6.53. The van der Waals surface area contributed by atoms with Crippen LogP contribution in [-0.2, 0) is 6.42 Å². The Morgan fingerprint density at radius 3 is 2.68 bits per heavy atom. The third-order valence-electron chi connectivity index (χ3n) is 3.02. The van der Waals surface area contributed by atoms with Crippen LogP contribution in [0.2, 0.25) is 0 Å². The highest BCUT2D eigenvalue weighted by molar-refractivity contribution is 5.90. The summed E-state index contributed by atoms with van der Waals surface area (Å²) in [6, 6.07) is 0.166. The summed E-state index contributed by atoms with van der Waals surface area (Å²) in [6.07, 6.45) is 5.14. The van der Waals surface area contributed by atoms with Crippen molar-refractivity contribution < 1.29 is 4.79 Å². The van der Waals surface area contributed by atoms with Crippen molar-refractivity contribution in [3.05, 3.63) is 11.6 Å². The molecule has 1 heterocycles. The zero-order valence-corrected chi connectivity index (χ0v) is 12.5. The summed E-state index contributed by atoms with van der Waals surface area (Å²) in [5.74, 6) is 1.56. The zero-order valence-electron chi connectivity index (χ0n) is 12.5. The first-order valence-electron chi connectivity index (χ1n) is 7.25. The molecule has 1 aromatic rings. The van der Waals surface area contributed by atoms with Crippen LogP contribution in [0, 0.1) is 5.92 Å². The summed E-state index contributed by atoms with van der Waals surface area (Å²) in [6.45, 7) is 8.52. The van der Waals surface area contributed by atoms with Crippen molar-refractivity contribution in [2.45, 2.75) is 65.8 Å². The van der Waals surface area contributed by atoms with Crippen LogP contribution in [-0.4, -0.2) is 27.1 Å². The minimum absolute atomic E-state index is 0.166. The lowest BCUT2D eigenvalue weighted by Gasteiger charge is -2.13. The molecule has 1 amide bonds. The van der Waals surface area contributed by atoms with E-state index >= 15 is 0 Å². The van der Waals surface area contributed by atoms with Crippen molar-refractivity contribution in [1.82, 2.24) is 20.5 Å². The highest BCUT2D eigenvalue weighted by Crippen LogP contribution is 2.08. The third-order valence-corrected chi connectivity index (χ3v) is 3.02. The molecule has 0 fully saturated rings. The number of aryl methyl sites for hydroxylation is 1. The Morgan fingerprint density at radius 1 is 1.32 bits per heavy atom. The number of amides is 1. The van der Waals surface area contributed by atoms with Gasteiger partial charge < -0.3 is 5.32 Å². The number of carbonyl (C=O) groups is 1. The predicted octanol–water partition coefficient (Wildman–Crippen LogP) is 2.70. The number of H-pyrrole nitrogens is 1. The van der Waals surface area contributed by atoms with Gasteiger partial charge in [-0.1, -0.05) is 33.6 Å². The molecule has 0 bridgehead atoms. The molecular formula is C14H26N4O. The van der Waals surface area contributed by atoms with Crippen molar-refractivity contribution in [1.29, 1.82) is 0 Å². The molecule has 0 aromatic carbocycles. The van der Waals surface area contributed by atoms with Crippen molar-refractivity contribution >= 4 is 5.91 Å². The molecule has 0 saturated carbocycles. The van der Waals surface area contributed by atoms with Gasteiger partial charge in [0.2, 0.25) is 5.82 Å². The summed E-state index contributed by atoms with van der Waals surface area (Å²) in [5.41, 5.74) is 0. The maximum absolute atomic E-state index is 11.9. The zero-order chi connectivity index (χ0) is 14.3. The van der Waals surface area contributed by atoms with Gasteiger partial charge in [0.1, 0.15) is 5.82 Å². The molecule has 2 N–H and O–H groups in total. The van der Waals surface area contributed by atoms with Gasteiger partial charge in [0, 0.05) is 12.5 Å². The molecule has 1 atom stereocenters. The van der Waals surface area contributed by atoms with Crippen LogP contribution < -0.4 is 5.32 Å². The average molecular weight is 266 g/mol. The fraction of sp³-hybridized carbons (Fsp3) is 0.786. The number of aromatic nitrogens is 3. The van der Waals surface area contributed by atoms with Gasteiger partial charge in [-0.2, -0.15) is 0 Å². The Balaban J connectivity index is 2.36. The fourth-order valence-corrected chi connectivity index (χ4v) is 1.94. The normalized spacial score (nSPS) is 12.7. The van der Waals surface area contributed by atoms with E-state index in [-0.39, 0.29) is 17.8 Å². The molecule has 19 heavy (non-hydrogen) atoms. The molecule has 108 valence electrons. The van der Waals surface area contributed by atoms with E-state index in [1.807, 2.05) is 6.92 Å². The molecule has 0 aliphatic heterocycles. The number of hydrogen-bond donors (Lipinski definition) is 2. The summed E-state index contributed by atoms with van der Waals surface area (Å²) in [7, 11) is 0. The van der Waals surface area contributed by atoms with E-state index in [4.69, 9.17) is 0 Å². The van der Waals surface area contributed by atoms with Gasteiger partial charge in [0.25, 0.3) is 5.91 Å². The lowest BCUT2D eigenvalue weighted by atomic mass is 10.0. The summed E-state index contributed by atoms with van der Waals surface area (Å²) in [5, 5.41) is 9.69. The van der Waals surface area contributed by atoms with Crippen LogP contribution in [0.5, 0.6) is 0 Å². The van der Waals surface area contributed by atoms with E-state index in [2.05, 4.69) is 41.3 Å². The first kappa shape index (κ1) is 15.7. The number of hydrogen-bond acceptors (Lipinski definition) is 3. The van der Waals surface area contributed by atoms with E-state index in [1.54, 1.807) is 0 Å². The van der Waals surface area contributed by atoms with E-state index in [0.717, 1.165) is 31.5 Å². The van der Waals surface area contributed by atoms with E-state index < -0.39 is 0 Å². The number of aromatic amines is 1. The SMILES string of the molecule is CCCc1nc(C(=O)NC(C)CCCC(C)C)n[nH]1. The first-order valence-corrected chi connectivity index (χ1v) is 7.25. The molecule has 1 aromatic heterocycles. The molecule has 1 unspecified atom stereocenters. The number of nitrogens with zero attached hydrogens (tertiary/aromatic N) is 2. The standard InChI is InChI=1S/C14H26N4O/c1-5-7-12-16-13(18-17-12)14(19)15-11(4)9-6-8-10(2)3/h10-11H,5-9H2,1-4H3,(H,15,19)(H,16,17,18). The minimum atomic E-state index is -0.185. The first-order chi connectivity index (χ1) is 9.02. The molecule has 0 radical (unpaired) electrons. The van der Waals surface area contributed by atoms with E-state index in [9.17, 15) is 4.79 Å². The van der Waals surface area contributed by atoms with Gasteiger partial charge in [-0.3, -0.25) is 9.89 Å². The number of nitrogens with one attached hydrogen (secondary N) is 2. The number of carbonyl (C=O) groups excluding carboxylic acids is 1. The van der Waals surface area contributed by atoms with Crippen molar-refractivity contribution in [2.24, 2.45) is 5.92 Å². The molecule has 5 nitrogen and oxygen atoms in total. The predicted molar refractivity (Wildman–Crippen MR) is 76.0 cm³/mol. The second-order valence-corrected chi connectivity index (χ2v) is 5.55. The Morgan fingerprint density at radius 2 is 2.05 bits per heavy atom. The van der Waals surface area contributed by atoms with Crippen molar-refractivity contribution in [3.8, 4) is 0 Å². The highest BCUT2D eigenvalue weighted by Gasteiger charge is 2.14. The van der Waals surface area contributed by atoms with Gasteiger partial charge >= 0.3 is 0 Å². The molecule has 5 heteroatoms. The summed E-state index contributed by atoms with van der Waals surface area (Å²) in [4.78, 5) is 16.1. The lowest BCUT2D eigenvalue weighted by molar-refractivity contribution is 0.0927. The van der Waals surface area contributed by atoms with Gasteiger partial charge in [0.15, 0.2) is 0 Å². The molecule has 0 aliphatic carbocycles. The average Bonchev–Trinajstić information content (AvgIpc) is 2.77. The van der Waals surface area contributed by atoms with Crippen molar-refractivity contribution in [3.63, 3.8) is 0 Å². The van der Waals surface area contributed by atoms with Crippen LogP contribution in [0.3, 0.4) is 0 Å². The third kappa shape index (κ3) is 5.85. The van der Waals surface area contributed by atoms with Crippen LogP contribution in [0.15, 0.2) is 0 Å². The molecule has 0 aliphatic rings. The van der Waals surface area contributed by atoms with Crippen LogP contribution >= 0.6 is 0 Å². The molecule has 0 saturated heterocycles. The Labute approximate surface area is 115 Å². The van der Waals surface area contributed by atoms with Gasteiger partial charge in [-0.15, -0.1) is 5.10 Å². The molecule has 0 spiro atoms. The fourth-order valence-electron chi connectivity index (χ4n) is 1.94. The molecular weight excluding hydrogens is 240 g/mol.